The highest BCUT2D eigenvalue weighted by molar-refractivity contribution is 5.85. The Morgan fingerprint density at radius 3 is 2.64 bits per heavy atom. The molecular weight excluding hydrogens is 280 g/mol. The molecule has 5 heteroatoms. The first-order valence-electron chi connectivity index (χ1n) is 7.20. The molecule has 0 aromatic heterocycles. The van der Waals surface area contributed by atoms with Crippen LogP contribution in [0.1, 0.15) is 5.56 Å². The van der Waals surface area contributed by atoms with Crippen LogP contribution in [0, 0.1) is 0 Å². The fourth-order valence-electron chi connectivity index (χ4n) is 2.38. The molecule has 2 rings (SSSR count). The lowest BCUT2D eigenvalue weighted by molar-refractivity contribution is -0.138. The van der Waals surface area contributed by atoms with Crippen LogP contribution in [0.25, 0.3) is 10.8 Å². The summed E-state index contributed by atoms with van der Waals surface area (Å²) in [4.78, 5) is 23.8. The Hall–Kier alpha value is -2.40. The van der Waals surface area contributed by atoms with Crippen molar-refractivity contribution in [1.82, 2.24) is 10.2 Å². The number of aliphatic carboxylic acids is 1. The molecule has 0 unspecified atom stereocenters. The summed E-state index contributed by atoms with van der Waals surface area (Å²) < 4.78 is 0. The molecule has 22 heavy (non-hydrogen) atoms. The minimum Gasteiger partial charge on any atom is -0.480 e. The largest absolute Gasteiger partial charge is 0.480 e. The van der Waals surface area contributed by atoms with Crippen LogP contribution in [0.15, 0.2) is 42.5 Å². The number of carbonyl (C=O) groups is 2. The Kier molecular flexibility index (Phi) is 5.49. The number of carbonyl (C=O) groups excluding carboxylic acids is 1. The molecule has 0 saturated carbocycles. The van der Waals surface area contributed by atoms with Gasteiger partial charge in [0.25, 0.3) is 0 Å². The molecule has 0 radical (unpaired) electrons. The van der Waals surface area contributed by atoms with Crippen LogP contribution in [-0.4, -0.2) is 48.6 Å². The number of benzene rings is 2. The monoisotopic (exact) mass is 300 g/mol. The number of likely N-dealkylation sites (N-methyl/N-ethyl adjacent to an activating group) is 1. The maximum Gasteiger partial charge on any atom is 0.322 e. The van der Waals surface area contributed by atoms with Crippen molar-refractivity contribution in [3.05, 3.63) is 48.0 Å². The minimum atomic E-state index is -1.04. The van der Waals surface area contributed by atoms with Gasteiger partial charge in [-0.3, -0.25) is 14.5 Å². The number of nitrogens with one attached hydrogen (secondary N) is 1. The van der Waals surface area contributed by atoms with E-state index in [-0.39, 0.29) is 19.0 Å². The number of hydrogen-bond donors (Lipinski definition) is 2. The van der Waals surface area contributed by atoms with Gasteiger partial charge in [-0.05, 0) is 29.8 Å². The van der Waals surface area contributed by atoms with Crippen LogP contribution < -0.4 is 5.32 Å². The molecule has 0 aliphatic rings. The Labute approximate surface area is 129 Å². The third-order valence-corrected chi connectivity index (χ3v) is 3.49. The maximum atomic E-state index is 11.6. The van der Waals surface area contributed by atoms with Gasteiger partial charge in [-0.2, -0.15) is 0 Å². The summed E-state index contributed by atoms with van der Waals surface area (Å²) in [6, 6.07) is 14.5. The van der Waals surface area contributed by atoms with Crippen molar-refractivity contribution in [1.29, 1.82) is 0 Å². The van der Waals surface area contributed by atoms with Crippen LogP contribution in [0.4, 0.5) is 0 Å². The van der Waals surface area contributed by atoms with Crippen molar-refractivity contribution in [2.45, 2.75) is 6.42 Å². The predicted molar refractivity (Wildman–Crippen MR) is 85.8 cm³/mol. The molecular formula is C17H20N2O3. The van der Waals surface area contributed by atoms with Crippen LogP contribution in [0.3, 0.4) is 0 Å². The SMILES string of the molecule is CN(CCc1cccc2ccccc12)CC(=O)NCC(=O)O. The third-order valence-electron chi connectivity index (χ3n) is 3.49. The van der Waals surface area contributed by atoms with Crippen molar-refractivity contribution in [2.24, 2.45) is 0 Å². The van der Waals surface area contributed by atoms with E-state index in [9.17, 15) is 9.59 Å². The van der Waals surface area contributed by atoms with E-state index in [4.69, 9.17) is 5.11 Å². The Morgan fingerprint density at radius 1 is 1.14 bits per heavy atom. The summed E-state index contributed by atoms with van der Waals surface area (Å²) in [6.45, 7) is 0.586. The number of rotatable bonds is 7. The summed E-state index contributed by atoms with van der Waals surface area (Å²) in [7, 11) is 1.85. The minimum absolute atomic E-state index is 0.193. The van der Waals surface area contributed by atoms with Gasteiger partial charge in [0.15, 0.2) is 0 Å². The molecule has 2 aromatic carbocycles. The number of nitrogens with zero attached hydrogens (tertiary/aromatic N) is 1. The zero-order valence-electron chi connectivity index (χ0n) is 12.6. The van der Waals surface area contributed by atoms with Crippen molar-refractivity contribution >= 4 is 22.6 Å². The Bertz CT molecular complexity index is 665. The van der Waals surface area contributed by atoms with E-state index in [0.717, 1.165) is 13.0 Å². The molecule has 0 bridgehead atoms. The molecule has 0 fully saturated rings. The molecule has 2 aromatic rings. The van der Waals surface area contributed by atoms with E-state index in [2.05, 4.69) is 29.6 Å². The van der Waals surface area contributed by atoms with Crippen LogP contribution >= 0.6 is 0 Å². The van der Waals surface area contributed by atoms with E-state index >= 15 is 0 Å². The Balaban J connectivity index is 1.89. The van der Waals surface area contributed by atoms with Crippen molar-refractivity contribution in [2.75, 3.05) is 26.7 Å². The highest BCUT2D eigenvalue weighted by Gasteiger charge is 2.08. The number of fused-ring (bicyclic) bond motifs is 1. The summed E-state index contributed by atoms with van der Waals surface area (Å²) in [6.07, 6.45) is 0.837. The van der Waals surface area contributed by atoms with E-state index in [1.807, 2.05) is 30.1 Å². The fraction of sp³-hybridized carbons (Fsp3) is 0.294. The lowest BCUT2D eigenvalue weighted by Gasteiger charge is -2.16. The number of hydrogen-bond acceptors (Lipinski definition) is 3. The zero-order valence-corrected chi connectivity index (χ0v) is 12.6. The average molecular weight is 300 g/mol. The van der Waals surface area contributed by atoms with E-state index in [0.29, 0.717) is 0 Å². The van der Waals surface area contributed by atoms with Crippen LogP contribution in [0.2, 0.25) is 0 Å². The highest BCUT2D eigenvalue weighted by Crippen LogP contribution is 2.18. The van der Waals surface area contributed by atoms with Gasteiger partial charge in [-0.1, -0.05) is 42.5 Å². The molecule has 0 aliphatic carbocycles. The standard InChI is InChI=1S/C17H20N2O3/c1-19(12-16(20)18-11-17(21)22)10-9-14-7-4-6-13-5-2-3-8-15(13)14/h2-8H,9-12H2,1H3,(H,18,20)(H,21,22). The van der Waals surface area contributed by atoms with Gasteiger partial charge < -0.3 is 10.4 Å². The number of carboxylic acid groups (broad SMARTS) is 1. The molecule has 1 amide bonds. The first-order valence-corrected chi connectivity index (χ1v) is 7.20. The molecule has 5 nitrogen and oxygen atoms in total. The van der Waals surface area contributed by atoms with E-state index < -0.39 is 5.97 Å². The van der Waals surface area contributed by atoms with E-state index in [1.165, 1.54) is 16.3 Å². The predicted octanol–water partition coefficient (Wildman–Crippen LogP) is 1.51. The summed E-state index contributed by atoms with van der Waals surface area (Å²) in [5, 5.41) is 13.3. The van der Waals surface area contributed by atoms with Gasteiger partial charge in [0.05, 0.1) is 6.54 Å². The van der Waals surface area contributed by atoms with Crippen molar-refractivity contribution in [3.8, 4) is 0 Å². The van der Waals surface area contributed by atoms with Gasteiger partial charge >= 0.3 is 5.97 Å². The summed E-state index contributed by atoms with van der Waals surface area (Å²) >= 11 is 0. The smallest absolute Gasteiger partial charge is 0.322 e. The van der Waals surface area contributed by atoms with Gasteiger partial charge in [0.1, 0.15) is 6.54 Å². The molecule has 0 saturated heterocycles. The van der Waals surface area contributed by atoms with Gasteiger partial charge in [-0.25, -0.2) is 0 Å². The normalized spacial score (nSPS) is 10.8. The Morgan fingerprint density at radius 2 is 1.86 bits per heavy atom. The molecule has 0 spiro atoms. The van der Waals surface area contributed by atoms with Crippen LogP contribution in [-0.2, 0) is 16.0 Å². The first kappa shape index (κ1) is 16.0. The average Bonchev–Trinajstić information content (AvgIpc) is 2.51. The third kappa shape index (κ3) is 4.56. The fourth-order valence-corrected chi connectivity index (χ4v) is 2.38. The van der Waals surface area contributed by atoms with Gasteiger partial charge in [0.2, 0.25) is 5.91 Å². The van der Waals surface area contributed by atoms with Gasteiger partial charge in [0, 0.05) is 6.54 Å². The summed E-state index contributed by atoms with van der Waals surface area (Å²) in [5.74, 6) is -1.31. The summed E-state index contributed by atoms with van der Waals surface area (Å²) in [5.41, 5.74) is 1.25. The number of carboxylic acids is 1. The topological polar surface area (TPSA) is 69.6 Å². The van der Waals surface area contributed by atoms with Crippen molar-refractivity contribution < 1.29 is 14.7 Å². The van der Waals surface area contributed by atoms with Gasteiger partial charge in [-0.15, -0.1) is 0 Å². The highest BCUT2D eigenvalue weighted by atomic mass is 16.4. The molecule has 0 atom stereocenters. The lowest BCUT2D eigenvalue weighted by atomic mass is 10.0. The first-order chi connectivity index (χ1) is 10.6. The second kappa shape index (κ2) is 7.56. The molecule has 2 N–H and O–H groups in total. The zero-order chi connectivity index (χ0) is 15.9. The van der Waals surface area contributed by atoms with Crippen LogP contribution in [0.5, 0.6) is 0 Å². The maximum absolute atomic E-state index is 11.6. The molecule has 0 aliphatic heterocycles. The lowest BCUT2D eigenvalue weighted by Crippen LogP contribution is -2.38. The quantitative estimate of drug-likeness (QED) is 0.813. The van der Waals surface area contributed by atoms with E-state index in [1.54, 1.807) is 0 Å². The van der Waals surface area contributed by atoms with Crippen molar-refractivity contribution in [3.63, 3.8) is 0 Å². The number of amides is 1. The second-order valence-corrected chi connectivity index (χ2v) is 5.30. The molecule has 0 heterocycles. The molecule has 116 valence electrons. The second-order valence-electron chi connectivity index (χ2n) is 5.30.